The molecule has 1 aliphatic rings. The Morgan fingerprint density at radius 2 is 2.10 bits per heavy atom. The predicted octanol–water partition coefficient (Wildman–Crippen LogP) is 5.67. The van der Waals surface area contributed by atoms with Gasteiger partial charge >= 0.3 is 0 Å². The molecule has 0 aliphatic heterocycles. The van der Waals surface area contributed by atoms with Crippen LogP contribution in [0.15, 0.2) is 15.9 Å². The predicted molar refractivity (Wildman–Crippen MR) is 93.6 cm³/mol. The third-order valence-corrected chi connectivity index (χ3v) is 6.86. The van der Waals surface area contributed by atoms with E-state index in [0.717, 1.165) is 24.3 Å². The smallest absolute Gasteiger partial charge is 0.0317 e. The highest BCUT2D eigenvalue weighted by atomic mass is 79.9. The van der Waals surface area contributed by atoms with E-state index in [-0.39, 0.29) is 0 Å². The lowest BCUT2D eigenvalue weighted by Crippen LogP contribution is -2.35. The summed E-state index contributed by atoms with van der Waals surface area (Å²) in [5.41, 5.74) is 0.436. The van der Waals surface area contributed by atoms with Crippen molar-refractivity contribution in [2.24, 2.45) is 17.3 Å². The van der Waals surface area contributed by atoms with Crippen molar-refractivity contribution in [2.75, 3.05) is 13.1 Å². The van der Waals surface area contributed by atoms with E-state index in [2.05, 4.69) is 60.4 Å². The Morgan fingerprint density at radius 3 is 2.65 bits per heavy atom. The molecule has 3 atom stereocenters. The molecule has 1 aromatic heterocycles. The summed E-state index contributed by atoms with van der Waals surface area (Å²) < 4.78 is 1.32. The molecular formula is C17H28BrNS. The van der Waals surface area contributed by atoms with Gasteiger partial charge in [0.05, 0.1) is 0 Å². The summed E-state index contributed by atoms with van der Waals surface area (Å²) in [5, 5.41) is 5.80. The highest BCUT2D eigenvalue weighted by molar-refractivity contribution is 9.10. The maximum absolute atomic E-state index is 3.76. The maximum Gasteiger partial charge on any atom is 0.0317 e. The van der Waals surface area contributed by atoms with Crippen molar-refractivity contribution in [3.05, 3.63) is 20.8 Å². The van der Waals surface area contributed by atoms with E-state index in [9.17, 15) is 0 Å². The van der Waals surface area contributed by atoms with Gasteiger partial charge in [0.15, 0.2) is 0 Å². The molecule has 3 heteroatoms. The van der Waals surface area contributed by atoms with Crippen molar-refractivity contribution < 1.29 is 0 Å². The lowest BCUT2D eigenvalue weighted by atomic mass is 9.65. The molecule has 0 radical (unpaired) electrons. The first kappa shape index (κ1) is 16.5. The van der Waals surface area contributed by atoms with Crippen LogP contribution in [0.4, 0.5) is 0 Å². The van der Waals surface area contributed by atoms with Gasteiger partial charge in [-0.2, -0.15) is 0 Å². The topological polar surface area (TPSA) is 12.0 Å². The summed E-state index contributed by atoms with van der Waals surface area (Å²) in [6, 6.07) is 2.21. The summed E-state index contributed by atoms with van der Waals surface area (Å²) in [6.45, 7) is 11.7. The molecular weight excluding hydrogens is 330 g/mol. The van der Waals surface area contributed by atoms with E-state index in [1.807, 2.05) is 11.3 Å². The molecule has 1 aromatic rings. The van der Waals surface area contributed by atoms with E-state index in [4.69, 9.17) is 0 Å². The van der Waals surface area contributed by atoms with Crippen LogP contribution in [0, 0.1) is 17.3 Å². The molecule has 0 aromatic carbocycles. The SMILES string of the molecule is CCNCC1CCC(C(C)(C)C)CC1c1sccc1Br. The Bertz CT molecular complexity index is 421. The Hall–Kier alpha value is 0.140. The van der Waals surface area contributed by atoms with E-state index in [0.29, 0.717) is 5.41 Å². The molecule has 1 nitrogen and oxygen atoms in total. The van der Waals surface area contributed by atoms with Crippen molar-refractivity contribution >= 4 is 27.3 Å². The lowest BCUT2D eigenvalue weighted by molar-refractivity contribution is 0.130. The van der Waals surface area contributed by atoms with Crippen LogP contribution in [-0.4, -0.2) is 13.1 Å². The number of thiophene rings is 1. The van der Waals surface area contributed by atoms with Crippen LogP contribution in [0.2, 0.25) is 0 Å². The summed E-state index contributed by atoms with van der Waals surface area (Å²) in [6.07, 6.45) is 4.10. The van der Waals surface area contributed by atoms with Crippen LogP contribution in [0.3, 0.4) is 0 Å². The molecule has 1 heterocycles. The third-order valence-electron chi connectivity index (χ3n) is 4.86. The van der Waals surface area contributed by atoms with Crippen molar-refractivity contribution in [1.82, 2.24) is 5.32 Å². The minimum atomic E-state index is 0.436. The Labute approximate surface area is 136 Å². The van der Waals surface area contributed by atoms with Crippen LogP contribution >= 0.6 is 27.3 Å². The van der Waals surface area contributed by atoms with Crippen molar-refractivity contribution in [2.45, 2.75) is 52.9 Å². The fraction of sp³-hybridized carbons (Fsp3) is 0.765. The average molecular weight is 358 g/mol. The van der Waals surface area contributed by atoms with Gasteiger partial charge in [0.1, 0.15) is 0 Å². The Balaban J connectivity index is 2.17. The second-order valence-electron chi connectivity index (χ2n) is 7.18. The average Bonchev–Trinajstić information content (AvgIpc) is 2.81. The zero-order valence-electron chi connectivity index (χ0n) is 13.2. The number of hydrogen-bond acceptors (Lipinski definition) is 2. The number of rotatable bonds is 4. The summed E-state index contributed by atoms with van der Waals surface area (Å²) in [7, 11) is 0. The minimum absolute atomic E-state index is 0.436. The third kappa shape index (κ3) is 3.86. The molecule has 0 saturated heterocycles. The van der Waals surface area contributed by atoms with Gasteiger partial charge in [0, 0.05) is 9.35 Å². The quantitative estimate of drug-likeness (QED) is 0.732. The number of hydrogen-bond donors (Lipinski definition) is 1. The highest BCUT2D eigenvalue weighted by Crippen LogP contribution is 2.49. The van der Waals surface area contributed by atoms with Crippen LogP contribution in [-0.2, 0) is 0 Å². The first-order chi connectivity index (χ1) is 9.43. The van der Waals surface area contributed by atoms with Crippen molar-refractivity contribution in [3.8, 4) is 0 Å². The minimum Gasteiger partial charge on any atom is -0.317 e. The van der Waals surface area contributed by atoms with Gasteiger partial charge in [-0.25, -0.2) is 0 Å². The molecule has 0 bridgehead atoms. The first-order valence-electron chi connectivity index (χ1n) is 7.87. The molecule has 1 fully saturated rings. The Kier molecular flexibility index (Phi) is 5.72. The number of halogens is 1. The molecule has 2 rings (SSSR count). The van der Waals surface area contributed by atoms with Crippen LogP contribution in [0.5, 0.6) is 0 Å². The largest absolute Gasteiger partial charge is 0.317 e. The summed E-state index contributed by atoms with van der Waals surface area (Å²) in [5.74, 6) is 2.37. The summed E-state index contributed by atoms with van der Waals surface area (Å²) in [4.78, 5) is 1.57. The molecule has 114 valence electrons. The Morgan fingerprint density at radius 1 is 1.35 bits per heavy atom. The molecule has 20 heavy (non-hydrogen) atoms. The van der Waals surface area contributed by atoms with E-state index >= 15 is 0 Å². The fourth-order valence-corrected chi connectivity index (χ4v) is 5.36. The monoisotopic (exact) mass is 357 g/mol. The maximum atomic E-state index is 3.76. The van der Waals surface area contributed by atoms with Crippen LogP contribution < -0.4 is 5.32 Å². The normalized spacial score (nSPS) is 27.8. The van der Waals surface area contributed by atoms with Gasteiger partial charge in [0.2, 0.25) is 0 Å². The second kappa shape index (κ2) is 6.93. The van der Waals surface area contributed by atoms with Gasteiger partial charge in [-0.3, -0.25) is 0 Å². The number of nitrogens with one attached hydrogen (secondary N) is 1. The molecule has 1 saturated carbocycles. The van der Waals surface area contributed by atoms with Crippen LogP contribution in [0.1, 0.15) is 57.8 Å². The van der Waals surface area contributed by atoms with E-state index in [1.165, 1.54) is 30.3 Å². The van der Waals surface area contributed by atoms with E-state index < -0.39 is 0 Å². The van der Waals surface area contributed by atoms with Crippen LogP contribution in [0.25, 0.3) is 0 Å². The van der Waals surface area contributed by atoms with Crippen molar-refractivity contribution in [1.29, 1.82) is 0 Å². The molecule has 1 N–H and O–H groups in total. The standard InChI is InChI=1S/C17H28BrNS/c1-5-19-11-12-6-7-13(17(2,3)4)10-14(12)16-15(18)8-9-20-16/h8-9,12-14,19H,5-7,10-11H2,1-4H3. The zero-order chi connectivity index (χ0) is 14.8. The zero-order valence-corrected chi connectivity index (χ0v) is 15.6. The van der Waals surface area contributed by atoms with Gasteiger partial charge in [-0.1, -0.05) is 27.7 Å². The lowest BCUT2D eigenvalue weighted by Gasteiger charge is -2.42. The molecule has 0 spiro atoms. The van der Waals surface area contributed by atoms with E-state index in [1.54, 1.807) is 4.88 Å². The van der Waals surface area contributed by atoms with Gasteiger partial charge in [0.25, 0.3) is 0 Å². The summed E-state index contributed by atoms with van der Waals surface area (Å²) >= 11 is 5.69. The highest BCUT2D eigenvalue weighted by Gasteiger charge is 2.37. The molecule has 3 unspecified atom stereocenters. The van der Waals surface area contributed by atoms with Gasteiger partial charge in [-0.15, -0.1) is 11.3 Å². The molecule has 0 amide bonds. The fourth-order valence-electron chi connectivity index (χ4n) is 3.49. The molecule has 1 aliphatic carbocycles. The van der Waals surface area contributed by atoms with Crippen molar-refractivity contribution in [3.63, 3.8) is 0 Å². The first-order valence-corrected chi connectivity index (χ1v) is 9.54. The van der Waals surface area contributed by atoms with Gasteiger partial charge < -0.3 is 5.32 Å². The second-order valence-corrected chi connectivity index (χ2v) is 8.99. The van der Waals surface area contributed by atoms with Gasteiger partial charge in [-0.05, 0) is 82.9 Å².